The molecule has 1 N–H and O–H groups in total. The second-order valence-electron chi connectivity index (χ2n) is 5.42. The SMILES string of the molecule is COCC(NC(=O)c1cccc2c1OCCO2)C1CCCO1. The minimum atomic E-state index is -0.195. The number of hydrogen-bond donors (Lipinski definition) is 1. The van der Waals surface area contributed by atoms with Crippen molar-refractivity contribution in [2.24, 2.45) is 0 Å². The maximum Gasteiger partial charge on any atom is 0.255 e. The van der Waals surface area contributed by atoms with Crippen LogP contribution in [0, 0.1) is 0 Å². The molecule has 120 valence electrons. The van der Waals surface area contributed by atoms with E-state index in [4.69, 9.17) is 18.9 Å². The van der Waals surface area contributed by atoms with Crippen LogP contribution in [0.3, 0.4) is 0 Å². The third kappa shape index (κ3) is 3.18. The minimum Gasteiger partial charge on any atom is -0.486 e. The lowest BCUT2D eigenvalue weighted by atomic mass is 10.1. The molecule has 2 atom stereocenters. The first-order valence-corrected chi connectivity index (χ1v) is 7.59. The maximum atomic E-state index is 12.6. The molecule has 0 aromatic heterocycles. The molecule has 0 spiro atoms. The third-order valence-corrected chi connectivity index (χ3v) is 3.89. The van der Waals surface area contributed by atoms with Crippen molar-refractivity contribution in [3.63, 3.8) is 0 Å². The highest BCUT2D eigenvalue weighted by Crippen LogP contribution is 2.33. The predicted molar refractivity (Wildman–Crippen MR) is 79.5 cm³/mol. The van der Waals surface area contributed by atoms with Crippen molar-refractivity contribution in [1.82, 2.24) is 5.32 Å². The van der Waals surface area contributed by atoms with Crippen molar-refractivity contribution in [2.75, 3.05) is 33.5 Å². The van der Waals surface area contributed by atoms with Gasteiger partial charge in [-0.1, -0.05) is 6.07 Å². The molecule has 0 aliphatic carbocycles. The first kappa shape index (κ1) is 15.1. The molecule has 2 heterocycles. The summed E-state index contributed by atoms with van der Waals surface area (Å²) in [5.74, 6) is 0.925. The number of nitrogens with one attached hydrogen (secondary N) is 1. The summed E-state index contributed by atoms with van der Waals surface area (Å²) in [5, 5.41) is 3.00. The van der Waals surface area contributed by atoms with Crippen LogP contribution in [0.4, 0.5) is 0 Å². The van der Waals surface area contributed by atoms with E-state index in [9.17, 15) is 4.79 Å². The largest absolute Gasteiger partial charge is 0.486 e. The Morgan fingerprint density at radius 2 is 2.23 bits per heavy atom. The average molecular weight is 307 g/mol. The van der Waals surface area contributed by atoms with Crippen molar-refractivity contribution in [3.05, 3.63) is 23.8 Å². The molecule has 3 rings (SSSR count). The van der Waals surface area contributed by atoms with Gasteiger partial charge < -0.3 is 24.3 Å². The number of rotatable bonds is 5. The van der Waals surface area contributed by atoms with Crippen LogP contribution in [0.15, 0.2) is 18.2 Å². The fraction of sp³-hybridized carbons (Fsp3) is 0.562. The second-order valence-corrected chi connectivity index (χ2v) is 5.42. The first-order valence-electron chi connectivity index (χ1n) is 7.59. The topological polar surface area (TPSA) is 66.0 Å². The summed E-state index contributed by atoms with van der Waals surface area (Å²) in [6.45, 7) is 2.10. The van der Waals surface area contributed by atoms with Crippen LogP contribution in [0.5, 0.6) is 11.5 Å². The maximum absolute atomic E-state index is 12.6. The monoisotopic (exact) mass is 307 g/mol. The number of carbonyl (C=O) groups is 1. The fourth-order valence-electron chi connectivity index (χ4n) is 2.84. The van der Waals surface area contributed by atoms with Gasteiger partial charge in [-0.2, -0.15) is 0 Å². The Kier molecular flexibility index (Phi) is 4.80. The van der Waals surface area contributed by atoms with E-state index in [-0.39, 0.29) is 18.1 Å². The molecule has 0 saturated carbocycles. The first-order chi connectivity index (χ1) is 10.8. The Bertz CT molecular complexity index is 527. The molecule has 6 nitrogen and oxygen atoms in total. The highest BCUT2D eigenvalue weighted by Gasteiger charge is 2.29. The Hall–Kier alpha value is -1.79. The standard InChI is InChI=1S/C16H21NO5/c1-19-10-12(13-6-3-7-20-13)17-16(18)11-4-2-5-14-15(11)22-9-8-21-14/h2,4-5,12-13H,3,6-10H2,1H3,(H,17,18). The van der Waals surface area contributed by atoms with E-state index in [0.29, 0.717) is 36.9 Å². The minimum absolute atomic E-state index is 0.000562. The van der Waals surface area contributed by atoms with Gasteiger partial charge in [0.25, 0.3) is 5.91 Å². The van der Waals surface area contributed by atoms with E-state index in [0.717, 1.165) is 19.4 Å². The summed E-state index contributed by atoms with van der Waals surface area (Å²) in [4.78, 5) is 12.6. The number of benzene rings is 1. The van der Waals surface area contributed by atoms with E-state index in [2.05, 4.69) is 5.32 Å². The molecule has 0 bridgehead atoms. The zero-order valence-corrected chi connectivity index (χ0v) is 12.7. The van der Waals surface area contributed by atoms with E-state index in [1.54, 1.807) is 25.3 Å². The molecule has 0 radical (unpaired) electrons. The Morgan fingerprint density at radius 3 is 3.00 bits per heavy atom. The van der Waals surface area contributed by atoms with Gasteiger partial charge >= 0.3 is 0 Å². The summed E-state index contributed by atoms with van der Waals surface area (Å²) in [7, 11) is 1.62. The van der Waals surface area contributed by atoms with Gasteiger partial charge in [0.1, 0.15) is 13.2 Å². The summed E-state index contributed by atoms with van der Waals surface area (Å²) < 4.78 is 22.0. The van der Waals surface area contributed by atoms with Gasteiger partial charge in [0.15, 0.2) is 11.5 Å². The summed E-state index contributed by atoms with van der Waals surface area (Å²) in [5.41, 5.74) is 0.483. The van der Waals surface area contributed by atoms with Crippen LogP contribution < -0.4 is 14.8 Å². The van der Waals surface area contributed by atoms with Gasteiger partial charge in [-0.15, -0.1) is 0 Å². The molecule has 2 unspecified atom stereocenters. The second kappa shape index (κ2) is 6.98. The van der Waals surface area contributed by atoms with Crippen molar-refractivity contribution < 1.29 is 23.7 Å². The number of fused-ring (bicyclic) bond motifs is 1. The lowest BCUT2D eigenvalue weighted by Gasteiger charge is -2.25. The molecule has 1 amide bonds. The van der Waals surface area contributed by atoms with Crippen LogP contribution in [0.1, 0.15) is 23.2 Å². The van der Waals surface area contributed by atoms with Crippen LogP contribution >= 0.6 is 0 Å². The zero-order valence-electron chi connectivity index (χ0n) is 12.7. The lowest BCUT2D eigenvalue weighted by Crippen LogP contribution is -2.46. The van der Waals surface area contributed by atoms with E-state index in [1.165, 1.54) is 0 Å². The quantitative estimate of drug-likeness (QED) is 0.890. The molecule has 1 saturated heterocycles. The summed E-state index contributed by atoms with van der Waals surface area (Å²) in [6.07, 6.45) is 1.94. The normalized spacial score (nSPS) is 21.4. The third-order valence-electron chi connectivity index (χ3n) is 3.89. The smallest absolute Gasteiger partial charge is 0.255 e. The van der Waals surface area contributed by atoms with Gasteiger partial charge in [-0.3, -0.25) is 4.79 Å². The number of ether oxygens (including phenoxy) is 4. The molecular formula is C16H21NO5. The van der Waals surface area contributed by atoms with Crippen molar-refractivity contribution in [1.29, 1.82) is 0 Å². The number of para-hydroxylation sites is 1. The van der Waals surface area contributed by atoms with Gasteiger partial charge in [0.05, 0.1) is 24.3 Å². The van der Waals surface area contributed by atoms with Crippen molar-refractivity contribution in [3.8, 4) is 11.5 Å². The number of methoxy groups -OCH3 is 1. The van der Waals surface area contributed by atoms with Crippen LogP contribution in [0.25, 0.3) is 0 Å². The number of carbonyl (C=O) groups excluding carboxylic acids is 1. The Balaban J connectivity index is 1.75. The van der Waals surface area contributed by atoms with E-state index >= 15 is 0 Å². The predicted octanol–water partition coefficient (Wildman–Crippen LogP) is 1.38. The Morgan fingerprint density at radius 1 is 1.36 bits per heavy atom. The van der Waals surface area contributed by atoms with E-state index < -0.39 is 0 Å². The van der Waals surface area contributed by atoms with Gasteiger partial charge in [0.2, 0.25) is 0 Å². The van der Waals surface area contributed by atoms with Crippen LogP contribution in [-0.4, -0.2) is 51.6 Å². The van der Waals surface area contributed by atoms with Crippen molar-refractivity contribution >= 4 is 5.91 Å². The van der Waals surface area contributed by atoms with Gasteiger partial charge in [-0.05, 0) is 25.0 Å². The zero-order chi connectivity index (χ0) is 15.4. The number of hydrogen-bond acceptors (Lipinski definition) is 5. The highest BCUT2D eigenvalue weighted by atomic mass is 16.6. The highest BCUT2D eigenvalue weighted by molar-refractivity contribution is 5.98. The lowest BCUT2D eigenvalue weighted by molar-refractivity contribution is 0.0401. The number of amides is 1. The Labute approximate surface area is 129 Å². The molecule has 2 aliphatic heterocycles. The van der Waals surface area contributed by atoms with Crippen LogP contribution in [-0.2, 0) is 9.47 Å². The molecule has 1 aromatic carbocycles. The van der Waals surface area contributed by atoms with E-state index in [1.807, 2.05) is 0 Å². The molecule has 2 aliphatic rings. The van der Waals surface area contributed by atoms with Crippen molar-refractivity contribution in [2.45, 2.75) is 25.0 Å². The summed E-state index contributed by atoms with van der Waals surface area (Å²) >= 11 is 0. The fourth-order valence-corrected chi connectivity index (χ4v) is 2.84. The van der Waals surface area contributed by atoms with Gasteiger partial charge in [-0.25, -0.2) is 0 Å². The molecular weight excluding hydrogens is 286 g/mol. The molecule has 6 heteroatoms. The van der Waals surface area contributed by atoms with Gasteiger partial charge in [0, 0.05) is 13.7 Å². The average Bonchev–Trinajstić information content (AvgIpc) is 3.08. The molecule has 22 heavy (non-hydrogen) atoms. The molecule has 1 aromatic rings. The van der Waals surface area contributed by atoms with Crippen LogP contribution in [0.2, 0.25) is 0 Å². The molecule has 1 fully saturated rings. The summed E-state index contributed by atoms with van der Waals surface area (Å²) in [6, 6.07) is 5.17.